The van der Waals surface area contributed by atoms with Crippen molar-refractivity contribution in [2.24, 2.45) is 5.10 Å². The van der Waals surface area contributed by atoms with E-state index < -0.39 is 0 Å². The summed E-state index contributed by atoms with van der Waals surface area (Å²) in [6.07, 6.45) is 0.722. The highest BCUT2D eigenvalue weighted by atomic mass is 16.3. The van der Waals surface area contributed by atoms with E-state index in [1.807, 2.05) is 13.8 Å². The minimum absolute atomic E-state index is 0.0298. The molecular formula is C12H15N5O2. The fourth-order valence-corrected chi connectivity index (χ4v) is 2.17. The molecule has 0 saturated heterocycles. The summed E-state index contributed by atoms with van der Waals surface area (Å²) in [6.45, 7) is 4.30. The quantitative estimate of drug-likeness (QED) is 0.865. The smallest absolute Gasteiger partial charge is 0.193 e. The zero-order valence-corrected chi connectivity index (χ0v) is 10.8. The molecule has 0 spiro atoms. The zero-order valence-electron chi connectivity index (χ0n) is 10.8. The van der Waals surface area contributed by atoms with Gasteiger partial charge in [0.25, 0.3) is 0 Å². The fourth-order valence-electron chi connectivity index (χ4n) is 2.17. The topological polar surface area (TPSA) is 88.5 Å². The number of aromatic nitrogens is 4. The molecule has 7 nitrogen and oxygen atoms in total. The van der Waals surface area contributed by atoms with Gasteiger partial charge in [-0.15, -0.1) is 9.89 Å². The second-order valence-corrected chi connectivity index (χ2v) is 4.85. The maximum Gasteiger partial charge on any atom is 0.193 e. The first-order valence-electron chi connectivity index (χ1n) is 6.12. The van der Waals surface area contributed by atoms with Crippen LogP contribution in [0.4, 0.5) is 0 Å². The van der Waals surface area contributed by atoms with Gasteiger partial charge in [-0.1, -0.05) is 6.92 Å². The van der Waals surface area contributed by atoms with Gasteiger partial charge in [-0.3, -0.25) is 4.57 Å². The van der Waals surface area contributed by atoms with Crippen LogP contribution < -0.4 is 0 Å². The fraction of sp³-hybridized carbons (Fsp3) is 0.417. The Bertz CT molecular complexity index is 636. The Morgan fingerprint density at radius 2 is 2.00 bits per heavy atom. The van der Waals surface area contributed by atoms with Crippen LogP contribution in [0.2, 0.25) is 0 Å². The molecule has 0 radical (unpaired) electrons. The van der Waals surface area contributed by atoms with Gasteiger partial charge >= 0.3 is 0 Å². The van der Waals surface area contributed by atoms with E-state index in [1.54, 1.807) is 4.79 Å². The molecule has 1 atom stereocenters. The van der Waals surface area contributed by atoms with Crippen molar-refractivity contribution >= 4 is 5.71 Å². The van der Waals surface area contributed by atoms with Crippen molar-refractivity contribution in [2.45, 2.75) is 32.7 Å². The van der Waals surface area contributed by atoms with Crippen LogP contribution in [0.25, 0.3) is 0 Å². The van der Waals surface area contributed by atoms with Crippen molar-refractivity contribution in [2.75, 3.05) is 0 Å². The van der Waals surface area contributed by atoms with Crippen LogP contribution in [0.15, 0.2) is 17.2 Å². The van der Waals surface area contributed by atoms with Gasteiger partial charge in [-0.25, -0.2) is 4.98 Å². The molecule has 1 unspecified atom stereocenters. The minimum Gasteiger partial charge on any atom is -0.494 e. The molecule has 3 rings (SSSR count). The summed E-state index contributed by atoms with van der Waals surface area (Å²) >= 11 is 0. The molecule has 0 amide bonds. The average Bonchev–Trinajstić information content (AvgIpc) is 2.96. The maximum absolute atomic E-state index is 9.61. The van der Waals surface area contributed by atoms with Gasteiger partial charge in [0.05, 0.1) is 0 Å². The van der Waals surface area contributed by atoms with Crippen LogP contribution in [-0.2, 0) is 13.0 Å². The summed E-state index contributed by atoms with van der Waals surface area (Å²) in [6, 6.07) is 2.91. The summed E-state index contributed by atoms with van der Waals surface area (Å²) in [5.74, 6) is 1.53. The van der Waals surface area contributed by atoms with Crippen LogP contribution >= 0.6 is 0 Å². The van der Waals surface area contributed by atoms with E-state index in [4.69, 9.17) is 0 Å². The molecule has 3 heterocycles. The molecule has 0 bridgehead atoms. The molecule has 1 aliphatic heterocycles. The molecule has 0 saturated carbocycles. The van der Waals surface area contributed by atoms with E-state index in [2.05, 4.69) is 15.2 Å². The highest BCUT2D eigenvalue weighted by Gasteiger charge is 2.21. The molecule has 0 aliphatic carbocycles. The van der Waals surface area contributed by atoms with Crippen LogP contribution in [0.3, 0.4) is 0 Å². The number of rotatable bonds is 3. The standard InChI is InChI=1S/C12H15N5O2/c1-7(6-16-10(18)3-4-11(16)19)12-13-9-5-8(2)14-17(9)15-12/h3-4,7,18-19H,5-6H2,1-2H3. The first-order valence-corrected chi connectivity index (χ1v) is 6.12. The molecule has 100 valence electrons. The number of nitrogens with zero attached hydrogens (tertiary/aromatic N) is 5. The van der Waals surface area contributed by atoms with Crippen molar-refractivity contribution in [3.63, 3.8) is 0 Å². The third-order valence-electron chi connectivity index (χ3n) is 3.18. The lowest BCUT2D eigenvalue weighted by Gasteiger charge is -2.11. The summed E-state index contributed by atoms with van der Waals surface area (Å²) in [5, 5.41) is 27.8. The molecule has 2 N–H and O–H groups in total. The van der Waals surface area contributed by atoms with E-state index in [0.29, 0.717) is 12.4 Å². The van der Waals surface area contributed by atoms with Crippen molar-refractivity contribution in [1.29, 1.82) is 0 Å². The predicted molar refractivity (Wildman–Crippen MR) is 68.4 cm³/mol. The summed E-state index contributed by atoms with van der Waals surface area (Å²) in [5.41, 5.74) is 0.995. The molecule has 2 aromatic heterocycles. The Morgan fingerprint density at radius 3 is 2.63 bits per heavy atom. The molecule has 2 aromatic rings. The number of fused-ring (bicyclic) bond motifs is 1. The molecule has 1 aliphatic rings. The first kappa shape index (κ1) is 11.8. The zero-order chi connectivity index (χ0) is 13.6. The van der Waals surface area contributed by atoms with E-state index >= 15 is 0 Å². The maximum atomic E-state index is 9.61. The number of hydrogen-bond acceptors (Lipinski definition) is 5. The molecular weight excluding hydrogens is 246 g/mol. The van der Waals surface area contributed by atoms with Gasteiger partial charge in [-0.2, -0.15) is 5.10 Å². The molecule has 0 aromatic carbocycles. The Kier molecular flexibility index (Phi) is 2.55. The van der Waals surface area contributed by atoms with Crippen LogP contribution in [0.5, 0.6) is 11.8 Å². The second kappa shape index (κ2) is 4.11. The largest absolute Gasteiger partial charge is 0.494 e. The monoisotopic (exact) mass is 261 g/mol. The van der Waals surface area contributed by atoms with Crippen molar-refractivity contribution in [1.82, 2.24) is 19.4 Å². The van der Waals surface area contributed by atoms with E-state index in [1.165, 1.54) is 16.7 Å². The minimum atomic E-state index is -0.0298. The van der Waals surface area contributed by atoms with Crippen molar-refractivity contribution in [3.05, 3.63) is 23.8 Å². The Hall–Kier alpha value is -2.31. The lowest BCUT2D eigenvalue weighted by molar-refractivity contribution is 0.356. The van der Waals surface area contributed by atoms with Gasteiger partial charge < -0.3 is 10.2 Å². The summed E-state index contributed by atoms with van der Waals surface area (Å²) < 4.78 is 1.42. The van der Waals surface area contributed by atoms with Gasteiger partial charge in [0.2, 0.25) is 0 Å². The van der Waals surface area contributed by atoms with E-state index in [0.717, 1.165) is 18.0 Å². The Balaban J connectivity index is 1.82. The SMILES string of the molecule is CC1=Nn2nc(C(C)Cn3c(O)ccc3O)nc2C1. The molecule has 19 heavy (non-hydrogen) atoms. The number of hydrogen-bond donors (Lipinski definition) is 2. The molecule has 7 heteroatoms. The predicted octanol–water partition coefficient (Wildman–Crippen LogP) is 1.07. The second-order valence-electron chi connectivity index (χ2n) is 4.85. The summed E-state index contributed by atoms with van der Waals surface area (Å²) in [7, 11) is 0. The average molecular weight is 261 g/mol. The van der Waals surface area contributed by atoms with Crippen LogP contribution in [0, 0.1) is 0 Å². The van der Waals surface area contributed by atoms with Crippen molar-refractivity contribution < 1.29 is 10.2 Å². The first-order chi connectivity index (χ1) is 9.04. The Morgan fingerprint density at radius 1 is 1.32 bits per heavy atom. The van der Waals surface area contributed by atoms with Gasteiger partial charge in [0.1, 0.15) is 0 Å². The lowest BCUT2D eigenvalue weighted by atomic mass is 10.1. The lowest BCUT2D eigenvalue weighted by Crippen LogP contribution is -2.08. The van der Waals surface area contributed by atoms with Gasteiger partial charge in [-0.05, 0) is 6.92 Å². The highest BCUT2D eigenvalue weighted by molar-refractivity contribution is 5.84. The third-order valence-corrected chi connectivity index (χ3v) is 3.18. The third kappa shape index (κ3) is 1.96. The van der Waals surface area contributed by atoms with E-state index in [9.17, 15) is 10.2 Å². The van der Waals surface area contributed by atoms with E-state index in [-0.39, 0.29) is 17.7 Å². The van der Waals surface area contributed by atoms with Crippen LogP contribution in [-0.4, -0.2) is 35.4 Å². The Labute approximate surface area is 109 Å². The molecule has 0 fully saturated rings. The van der Waals surface area contributed by atoms with Gasteiger partial charge in [0.15, 0.2) is 23.4 Å². The van der Waals surface area contributed by atoms with Crippen LogP contribution in [0.1, 0.15) is 31.4 Å². The van der Waals surface area contributed by atoms with Crippen molar-refractivity contribution in [3.8, 4) is 11.8 Å². The normalized spacial score (nSPS) is 15.4. The highest BCUT2D eigenvalue weighted by Crippen LogP contribution is 2.25. The number of aromatic hydroxyl groups is 2. The summed E-state index contributed by atoms with van der Waals surface area (Å²) in [4.78, 5) is 5.99. The van der Waals surface area contributed by atoms with Gasteiger partial charge in [0, 0.05) is 36.7 Å².